The zero-order valence-electron chi connectivity index (χ0n) is 14.4. The van der Waals surface area contributed by atoms with Gasteiger partial charge in [0, 0.05) is 38.6 Å². The topological polar surface area (TPSA) is 75.9 Å². The Morgan fingerprint density at radius 1 is 1.40 bits per heavy atom. The molecule has 0 spiro atoms. The van der Waals surface area contributed by atoms with Crippen molar-refractivity contribution in [1.82, 2.24) is 9.80 Å². The number of benzene rings is 1. The first-order valence-corrected chi connectivity index (χ1v) is 8.68. The number of amides is 2. The number of fused-ring (bicyclic) bond motifs is 1. The maximum atomic E-state index is 14.2. The zero-order chi connectivity index (χ0) is 18.0. The van der Waals surface area contributed by atoms with E-state index in [1.54, 1.807) is 11.0 Å². The first-order valence-electron chi connectivity index (χ1n) is 8.68. The molecular formula is C18H24FN3O3. The predicted molar refractivity (Wildman–Crippen MR) is 90.8 cm³/mol. The molecule has 0 saturated carbocycles. The van der Waals surface area contributed by atoms with Crippen LogP contribution in [0.3, 0.4) is 0 Å². The molecule has 136 valence electrons. The van der Waals surface area contributed by atoms with Crippen molar-refractivity contribution in [3.63, 3.8) is 0 Å². The summed E-state index contributed by atoms with van der Waals surface area (Å²) in [7, 11) is 1.43. The molecule has 1 aromatic carbocycles. The van der Waals surface area contributed by atoms with Crippen LogP contribution >= 0.6 is 0 Å². The van der Waals surface area contributed by atoms with Crippen molar-refractivity contribution in [1.29, 1.82) is 0 Å². The van der Waals surface area contributed by atoms with E-state index in [4.69, 9.17) is 10.5 Å². The average molecular weight is 349 g/mol. The molecule has 0 radical (unpaired) electrons. The van der Waals surface area contributed by atoms with Crippen LogP contribution in [-0.4, -0.2) is 60.9 Å². The van der Waals surface area contributed by atoms with E-state index >= 15 is 0 Å². The number of nitrogens with zero attached hydrogens (tertiary/aromatic N) is 2. The van der Waals surface area contributed by atoms with Crippen molar-refractivity contribution in [2.24, 2.45) is 11.7 Å². The molecule has 1 aromatic rings. The number of hydrogen-bond donors (Lipinski definition) is 1. The highest BCUT2D eigenvalue weighted by molar-refractivity contribution is 5.97. The van der Waals surface area contributed by atoms with Gasteiger partial charge in [-0.25, -0.2) is 4.39 Å². The van der Waals surface area contributed by atoms with Crippen LogP contribution in [0.1, 0.15) is 29.6 Å². The third-order valence-electron chi connectivity index (χ3n) is 5.21. The van der Waals surface area contributed by atoms with Crippen LogP contribution in [0, 0.1) is 11.7 Å². The lowest BCUT2D eigenvalue weighted by molar-refractivity contribution is -0.140. The van der Waals surface area contributed by atoms with E-state index < -0.39 is 5.82 Å². The van der Waals surface area contributed by atoms with Gasteiger partial charge in [0.1, 0.15) is 17.1 Å². The highest BCUT2D eigenvalue weighted by Gasteiger charge is 2.40. The second kappa shape index (κ2) is 7.39. The summed E-state index contributed by atoms with van der Waals surface area (Å²) in [6.07, 6.45) is 1.92. The quantitative estimate of drug-likeness (QED) is 0.888. The Balaban J connectivity index is 1.77. The van der Waals surface area contributed by atoms with Crippen LogP contribution in [0.5, 0.6) is 5.75 Å². The van der Waals surface area contributed by atoms with Crippen molar-refractivity contribution in [2.75, 3.05) is 33.3 Å². The molecule has 2 heterocycles. The Kier molecular flexibility index (Phi) is 5.22. The van der Waals surface area contributed by atoms with E-state index in [-0.39, 0.29) is 35.1 Å². The molecule has 2 unspecified atom stereocenters. The van der Waals surface area contributed by atoms with Gasteiger partial charge in [-0.15, -0.1) is 0 Å². The third-order valence-corrected chi connectivity index (χ3v) is 5.21. The number of carbonyl (C=O) groups excluding carboxylic acids is 2. The molecule has 0 bridgehead atoms. The molecule has 2 N–H and O–H groups in total. The molecule has 3 rings (SSSR count). The zero-order valence-corrected chi connectivity index (χ0v) is 14.4. The fourth-order valence-electron chi connectivity index (χ4n) is 4.01. The Morgan fingerprint density at radius 3 is 2.92 bits per heavy atom. The molecule has 2 saturated heterocycles. The van der Waals surface area contributed by atoms with E-state index in [9.17, 15) is 14.0 Å². The second-order valence-electron chi connectivity index (χ2n) is 6.60. The number of hydrogen-bond acceptors (Lipinski definition) is 4. The summed E-state index contributed by atoms with van der Waals surface area (Å²) >= 11 is 0. The van der Waals surface area contributed by atoms with Crippen LogP contribution in [0.4, 0.5) is 4.39 Å². The largest absolute Gasteiger partial charge is 0.496 e. The Labute approximate surface area is 146 Å². The van der Waals surface area contributed by atoms with Gasteiger partial charge in [-0.1, -0.05) is 6.07 Å². The number of piperidine rings is 2. The number of rotatable bonds is 4. The number of carbonyl (C=O) groups is 2. The van der Waals surface area contributed by atoms with E-state index in [0.29, 0.717) is 39.0 Å². The van der Waals surface area contributed by atoms with Crippen molar-refractivity contribution >= 4 is 11.8 Å². The summed E-state index contributed by atoms with van der Waals surface area (Å²) in [5.41, 5.74) is 5.61. The lowest BCUT2D eigenvalue weighted by Crippen LogP contribution is -2.57. The number of likely N-dealkylation sites (tertiary alicyclic amines) is 2. The maximum Gasteiger partial charge on any atom is 0.260 e. The lowest BCUT2D eigenvalue weighted by atomic mass is 9.83. The molecule has 25 heavy (non-hydrogen) atoms. The van der Waals surface area contributed by atoms with E-state index in [1.807, 2.05) is 4.90 Å². The van der Waals surface area contributed by atoms with Gasteiger partial charge in [0.2, 0.25) is 5.91 Å². The van der Waals surface area contributed by atoms with Crippen LogP contribution in [0.15, 0.2) is 18.2 Å². The normalized spacial score (nSPS) is 23.4. The first kappa shape index (κ1) is 17.7. The van der Waals surface area contributed by atoms with Crippen molar-refractivity contribution in [2.45, 2.75) is 25.3 Å². The van der Waals surface area contributed by atoms with Crippen LogP contribution in [0.2, 0.25) is 0 Å². The van der Waals surface area contributed by atoms with Gasteiger partial charge in [0.15, 0.2) is 0 Å². The van der Waals surface area contributed by atoms with Crippen LogP contribution < -0.4 is 10.5 Å². The van der Waals surface area contributed by atoms with Crippen LogP contribution in [-0.2, 0) is 4.79 Å². The van der Waals surface area contributed by atoms with E-state index in [1.165, 1.54) is 19.2 Å². The molecule has 0 aliphatic carbocycles. The number of methoxy groups -OCH3 is 1. The van der Waals surface area contributed by atoms with Gasteiger partial charge in [-0.2, -0.15) is 0 Å². The van der Waals surface area contributed by atoms with Gasteiger partial charge in [0.25, 0.3) is 5.91 Å². The smallest absolute Gasteiger partial charge is 0.260 e. The van der Waals surface area contributed by atoms with E-state index in [0.717, 1.165) is 6.42 Å². The van der Waals surface area contributed by atoms with Crippen molar-refractivity contribution in [3.05, 3.63) is 29.6 Å². The Hall–Kier alpha value is -2.15. The molecular weight excluding hydrogens is 325 g/mol. The number of halogens is 1. The minimum Gasteiger partial charge on any atom is -0.496 e. The summed E-state index contributed by atoms with van der Waals surface area (Å²) in [5.74, 6) is -0.330. The molecule has 0 aromatic heterocycles. The van der Waals surface area contributed by atoms with E-state index in [2.05, 4.69) is 0 Å². The van der Waals surface area contributed by atoms with Gasteiger partial charge < -0.3 is 20.3 Å². The fourth-order valence-corrected chi connectivity index (χ4v) is 4.01. The summed E-state index contributed by atoms with van der Waals surface area (Å²) in [4.78, 5) is 28.5. The number of nitrogens with two attached hydrogens (primary N) is 1. The molecule has 2 amide bonds. The first-order chi connectivity index (χ1) is 12.1. The minimum atomic E-state index is -0.574. The summed E-state index contributed by atoms with van der Waals surface area (Å²) in [5, 5.41) is 0. The highest BCUT2D eigenvalue weighted by atomic mass is 19.1. The third kappa shape index (κ3) is 3.33. The molecule has 2 aliphatic rings. The minimum absolute atomic E-state index is 0.0193. The molecule has 6 nitrogen and oxygen atoms in total. The standard InChI is InChI=1S/C18H24FN3O3/c1-25-15-4-2-3-13(19)17(15)18(24)21-9-7-14-12(11-21)5-6-16(23)22(14)10-8-20/h2-4,12,14H,5-11,20H2,1H3. The van der Waals surface area contributed by atoms with Crippen LogP contribution in [0.25, 0.3) is 0 Å². The van der Waals surface area contributed by atoms with Gasteiger partial charge in [0.05, 0.1) is 7.11 Å². The maximum absolute atomic E-state index is 14.2. The highest BCUT2D eigenvalue weighted by Crippen LogP contribution is 2.33. The molecule has 2 atom stereocenters. The van der Waals surface area contributed by atoms with Gasteiger partial charge in [-0.3, -0.25) is 9.59 Å². The Bertz CT molecular complexity index is 667. The Morgan fingerprint density at radius 2 is 2.20 bits per heavy atom. The lowest BCUT2D eigenvalue weighted by Gasteiger charge is -2.47. The molecule has 2 fully saturated rings. The average Bonchev–Trinajstić information content (AvgIpc) is 2.63. The molecule has 7 heteroatoms. The monoisotopic (exact) mass is 349 g/mol. The van der Waals surface area contributed by atoms with Crippen molar-refractivity contribution < 1.29 is 18.7 Å². The summed E-state index contributed by atoms with van der Waals surface area (Å²) in [6.45, 7) is 2.00. The number of ether oxygens (including phenoxy) is 1. The summed E-state index contributed by atoms with van der Waals surface area (Å²) in [6, 6.07) is 4.50. The second-order valence-corrected chi connectivity index (χ2v) is 6.60. The van der Waals surface area contributed by atoms with Crippen molar-refractivity contribution in [3.8, 4) is 5.75 Å². The predicted octanol–water partition coefficient (Wildman–Crippen LogP) is 1.25. The fraction of sp³-hybridized carbons (Fsp3) is 0.556. The van der Waals surface area contributed by atoms with Gasteiger partial charge >= 0.3 is 0 Å². The SMILES string of the molecule is COc1cccc(F)c1C(=O)N1CCC2C(CCC(=O)N2CCN)C1. The van der Waals surface area contributed by atoms with Gasteiger partial charge in [-0.05, 0) is 30.9 Å². The summed E-state index contributed by atoms with van der Waals surface area (Å²) < 4.78 is 19.3. The molecule has 2 aliphatic heterocycles.